The lowest BCUT2D eigenvalue weighted by Crippen LogP contribution is -2.37. The molecule has 24 heavy (non-hydrogen) atoms. The number of thioether (sulfide) groups is 1. The summed E-state index contributed by atoms with van der Waals surface area (Å²) < 4.78 is 0. The average molecular weight is 342 g/mol. The first-order valence-corrected chi connectivity index (χ1v) is 8.94. The van der Waals surface area contributed by atoms with E-state index in [9.17, 15) is 9.59 Å². The molecular weight excluding hydrogens is 320 g/mol. The number of benzene rings is 2. The van der Waals surface area contributed by atoms with Crippen LogP contribution < -0.4 is 5.32 Å². The lowest BCUT2D eigenvalue weighted by atomic mass is 10.1. The highest BCUT2D eigenvalue weighted by Gasteiger charge is 2.12. The fourth-order valence-corrected chi connectivity index (χ4v) is 2.68. The van der Waals surface area contributed by atoms with E-state index in [-0.39, 0.29) is 18.4 Å². The second-order valence-electron chi connectivity index (χ2n) is 5.65. The van der Waals surface area contributed by atoms with Gasteiger partial charge in [-0.3, -0.25) is 9.59 Å². The molecule has 0 aliphatic rings. The Balaban J connectivity index is 1.85. The molecule has 2 aromatic rings. The molecule has 0 saturated carbocycles. The van der Waals surface area contributed by atoms with Crippen molar-refractivity contribution in [1.82, 2.24) is 10.2 Å². The fraction of sp³-hybridized carbons (Fsp3) is 0.263. The molecule has 0 spiro atoms. The van der Waals surface area contributed by atoms with Gasteiger partial charge >= 0.3 is 0 Å². The predicted octanol–water partition coefficient (Wildman–Crippen LogP) is 3.11. The first-order chi connectivity index (χ1) is 11.5. The van der Waals surface area contributed by atoms with E-state index in [2.05, 4.69) is 5.32 Å². The number of carbonyl (C=O) groups is 2. The van der Waals surface area contributed by atoms with Crippen molar-refractivity contribution in [3.05, 3.63) is 65.2 Å². The van der Waals surface area contributed by atoms with Crippen LogP contribution in [0, 0.1) is 6.92 Å². The van der Waals surface area contributed by atoms with Crippen molar-refractivity contribution in [3.8, 4) is 0 Å². The van der Waals surface area contributed by atoms with Crippen molar-refractivity contribution in [2.24, 2.45) is 0 Å². The molecule has 2 amide bonds. The molecule has 2 aromatic carbocycles. The van der Waals surface area contributed by atoms with Crippen LogP contribution in [-0.2, 0) is 11.3 Å². The zero-order valence-corrected chi connectivity index (χ0v) is 15.0. The van der Waals surface area contributed by atoms with Gasteiger partial charge in [0.15, 0.2) is 0 Å². The normalized spacial score (nSPS) is 10.3. The minimum absolute atomic E-state index is 0.00777. The molecule has 0 heterocycles. The van der Waals surface area contributed by atoms with Crippen molar-refractivity contribution in [1.29, 1.82) is 0 Å². The Kier molecular flexibility index (Phi) is 6.44. The van der Waals surface area contributed by atoms with E-state index in [0.29, 0.717) is 12.1 Å². The van der Waals surface area contributed by atoms with Gasteiger partial charge in [-0.25, -0.2) is 0 Å². The second kappa shape index (κ2) is 8.55. The number of nitrogens with zero attached hydrogens (tertiary/aromatic N) is 1. The SMILES string of the molecule is CSc1ccc(CN(C)C(=O)CNC(=O)c2cccc(C)c2)cc1. The molecule has 0 bridgehead atoms. The summed E-state index contributed by atoms with van der Waals surface area (Å²) in [6.45, 7) is 2.44. The topological polar surface area (TPSA) is 49.4 Å². The summed E-state index contributed by atoms with van der Waals surface area (Å²) >= 11 is 1.68. The van der Waals surface area contributed by atoms with Crippen LogP contribution in [0.4, 0.5) is 0 Å². The lowest BCUT2D eigenvalue weighted by Gasteiger charge is -2.18. The third kappa shape index (κ3) is 5.13. The molecule has 0 aliphatic heterocycles. The first-order valence-electron chi connectivity index (χ1n) is 7.71. The van der Waals surface area contributed by atoms with E-state index in [1.807, 2.05) is 49.6 Å². The summed E-state index contributed by atoms with van der Waals surface area (Å²) in [5.41, 5.74) is 2.64. The summed E-state index contributed by atoms with van der Waals surface area (Å²) in [6.07, 6.45) is 2.03. The van der Waals surface area contributed by atoms with E-state index in [1.165, 1.54) is 4.90 Å². The van der Waals surface area contributed by atoms with Gasteiger partial charge in [-0.15, -0.1) is 11.8 Å². The molecule has 0 unspecified atom stereocenters. The third-order valence-corrected chi connectivity index (χ3v) is 4.43. The first kappa shape index (κ1) is 18.1. The van der Waals surface area contributed by atoms with Crippen LogP contribution in [0.5, 0.6) is 0 Å². The zero-order chi connectivity index (χ0) is 17.5. The number of hydrogen-bond acceptors (Lipinski definition) is 3. The van der Waals surface area contributed by atoms with E-state index in [0.717, 1.165) is 11.1 Å². The third-order valence-electron chi connectivity index (χ3n) is 3.68. The quantitative estimate of drug-likeness (QED) is 0.821. The van der Waals surface area contributed by atoms with Gasteiger partial charge in [-0.2, -0.15) is 0 Å². The van der Waals surface area contributed by atoms with Gasteiger partial charge in [0.2, 0.25) is 5.91 Å². The van der Waals surface area contributed by atoms with Gasteiger partial charge in [-0.05, 0) is 43.0 Å². The molecule has 0 atom stereocenters. The Morgan fingerprint density at radius 1 is 1.12 bits per heavy atom. The summed E-state index contributed by atoms with van der Waals surface area (Å²) in [5, 5.41) is 2.68. The highest BCUT2D eigenvalue weighted by molar-refractivity contribution is 7.98. The van der Waals surface area contributed by atoms with Crippen molar-refractivity contribution >= 4 is 23.6 Å². The highest BCUT2D eigenvalue weighted by atomic mass is 32.2. The molecule has 4 nitrogen and oxygen atoms in total. The van der Waals surface area contributed by atoms with Gasteiger partial charge in [0.1, 0.15) is 0 Å². The monoisotopic (exact) mass is 342 g/mol. The van der Waals surface area contributed by atoms with Crippen LogP contribution in [0.1, 0.15) is 21.5 Å². The Morgan fingerprint density at radius 3 is 2.46 bits per heavy atom. The molecule has 0 fully saturated rings. The molecule has 0 aliphatic carbocycles. The molecular formula is C19H22N2O2S. The minimum Gasteiger partial charge on any atom is -0.343 e. The number of likely N-dealkylation sites (N-methyl/N-ethyl adjacent to an activating group) is 1. The van der Waals surface area contributed by atoms with Crippen LogP contribution in [0.15, 0.2) is 53.4 Å². The van der Waals surface area contributed by atoms with Crippen molar-refractivity contribution in [2.45, 2.75) is 18.4 Å². The second-order valence-corrected chi connectivity index (χ2v) is 6.53. The lowest BCUT2D eigenvalue weighted by molar-refractivity contribution is -0.129. The molecule has 126 valence electrons. The predicted molar refractivity (Wildman–Crippen MR) is 98.2 cm³/mol. The Morgan fingerprint density at radius 2 is 1.83 bits per heavy atom. The highest BCUT2D eigenvalue weighted by Crippen LogP contribution is 2.15. The maximum absolute atomic E-state index is 12.2. The Hall–Kier alpha value is -2.27. The number of amides is 2. The molecule has 0 radical (unpaired) electrons. The summed E-state index contributed by atoms with van der Waals surface area (Å²) in [4.78, 5) is 27.1. The molecule has 2 rings (SSSR count). The van der Waals surface area contributed by atoms with Gasteiger partial charge in [0.05, 0.1) is 6.54 Å². The van der Waals surface area contributed by atoms with E-state index < -0.39 is 0 Å². The van der Waals surface area contributed by atoms with E-state index in [1.54, 1.807) is 35.8 Å². The summed E-state index contributed by atoms with van der Waals surface area (Å²) in [7, 11) is 1.74. The van der Waals surface area contributed by atoms with Crippen LogP contribution in [0.3, 0.4) is 0 Å². The van der Waals surface area contributed by atoms with Crippen LogP contribution in [-0.4, -0.2) is 36.6 Å². The Labute approximate surface area is 147 Å². The number of carbonyl (C=O) groups excluding carboxylic acids is 2. The maximum atomic E-state index is 12.2. The largest absolute Gasteiger partial charge is 0.343 e. The van der Waals surface area contributed by atoms with E-state index in [4.69, 9.17) is 0 Å². The molecule has 0 aromatic heterocycles. The van der Waals surface area contributed by atoms with Gasteiger partial charge < -0.3 is 10.2 Å². The smallest absolute Gasteiger partial charge is 0.251 e. The number of hydrogen-bond donors (Lipinski definition) is 1. The van der Waals surface area contributed by atoms with E-state index >= 15 is 0 Å². The summed E-state index contributed by atoms with van der Waals surface area (Å²) in [5.74, 6) is -0.352. The summed E-state index contributed by atoms with van der Waals surface area (Å²) in [6, 6.07) is 15.4. The van der Waals surface area contributed by atoms with Crippen molar-refractivity contribution < 1.29 is 9.59 Å². The molecule has 5 heteroatoms. The average Bonchev–Trinajstić information content (AvgIpc) is 2.60. The number of rotatable bonds is 6. The fourth-order valence-electron chi connectivity index (χ4n) is 2.27. The standard InChI is InChI=1S/C19H22N2O2S/c1-14-5-4-6-16(11-14)19(23)20-12-18(22)21(2)13-15-7-9-17(24-3)10-8-15/h4-11H,12-13H2,1-3H3,(H,20,23). The Bertz CT molecular complexity index is 714. The maximum Gasteiger partial charge on any atom is 0.251 e. The number of aryl methyl sites for hydroxylation is 1. The van der Waals surface area contributed by atoms with Gasteiger partial charge in [0, 0.05) is 24.1 Å². The molecule has 1 N–H and O–H groups in total. The van der Waals surface area contributed by atoms with Gasteiger partial charge in [-0.1, -0.05) is 29.8 Å². The van der Waals surface area contributed by atoms with Crippen LogP contribution in [0.25, 0.3) is 0 Å². The van der Waals surface area contributed by atoms with Crippen molar-refractivity contribution in [3.63, 3.8) is 0 Å². The zero-order valence-electron chi connectivity index (χ0n) is 14.2. The minimum atomic E-state index is -0.232. The number of nitrogens with one attached hydrogen (secondary N) is 1. The van der Waals surface area contributed by atoms with Gasteiger partial charge in [0.25, 0.3) is 5.91 Å². The van der Waals surface area contributed by atoms with Crippen molar-refractivity contribution in [2.75, 3.05) is 19.8 Å². The van der Waals surface area contributed by atoms with Crippen LogP contribution >= 0.6 is 11.8 Å². The molecule has 0 saturated heterocycles. The van der Waals surface area contributed by atoms with Crippen LogP contribution in [0.2, 0.25) is 0 Å².